The number of likely N-dealkylation sites (tertiary alicyclic amines) is 1. The van der Waals surface area contributed by atoms with Gasteiger partial charge < -0.3 is 0 Å². The molecular formula is C19H33AsN4. The summed E-state index contributed by atoms with van der Waals surface area (Å²) in [5.41, 5.74) is 0.866. The maximum absolute atomic E-state index is 4.73. The molecule has 2 unspecified atom stereocenters. The molecule has 2 bridgehead atoms. The summed E-state index contributed by atoms with van der Waals surface area (Å²) in [6.45, 7) is 9.93. The van der Waals surface area contributed by atoms with Crippen molar-refractivity contribution in [2.75, 3.05) is 20.1 Å². The second kappa shape index (κ2) is 5.86. The molecule has 0 aromatic carbocycles. The van der Waals surface area contributed by atoms with E-state index in [4.69, 9.17) is 4.99 Å². The van der Waals surface area contributed by atoms with Crippen LogP contribution in [0.25, 0.3) is 0 Å². The van der Waals surface area contributed by atoms with Gasteiger partial charge in [-0.2, -0.15) is 0 Å². The van der Waals surface area contributed by atoms with Crippen molar-refractivity contribution in [3.63, 3.8) is 0 Å². The van der Waals surface area contributed by atoms with E-state index in [0.29, 0.717) is 29.1 Å². The zero-order valence-electron chi connectivity index (χ0n) is 15.6. The van der Waals surface area contributed by atoms with Crippen molar-refractivity contribution in [3.05, 3.63) is 12.3 Å². The first-order chi connectivity index (χ1) is 11.4. The van der Waals surface area contributed by atoms with E-state index in [1.807, 2.05) is 6.20 Å². The first-order valence-corrected chi connectivity index (χ1v) is 10.8. The van der Waals surface area contributed by atoms with Gasteiger partial charge in [0.2, 0.25) is 0 Å². The fourth-order valence-electron chi connectivity index (χ4n) is 5.98. The van der Waals surface area contributed by atoms with E-state index in [1.54, 1.807) is 16.9 Å². The molecule has 0 radical (unpaired) electrons. The number of nitrogens with one attached hydrogen (secondary N) is 1. The zero-order chi connectivity index (χ0) is 17.1. The van der Waals surface area contributed by atoms with Gasteiger partial charge in [-0.3, -0.25) is 0 Å². The summed E-state index contributed by atoms with van der Waals surface area (Å²) in [5, 5.41) is 3.47. The molecule has 0 amide bonds. The van der Waals surface area contributed by atoms with Crippen LogP contribution in [-0.4, -0.2) is 69.7 Å². The SMILES string of the molecule is CN[C@@H]1CCN(C2C=CN=C([AsH2])N2[C@H]2C[C@H]3CC[C@]2(C)C3(C)C)C1. The van der Waals surface area contributed by atoms with Gasteiger partial charge in [0.25, 0.3) is 0 Å². The van der Waals surface area contributed by atoms with E-state index >= 15 is 0 Å². The van der Waals surface area contributed by atoms with Crippen LogP contribution in [-0.2, 0) is 0 Å². The van der Waals surface area contributed by atoms with E-state index in [9.17, 15) is 0 Å². The third-order valence-electron chi connectivity index (χ3n) is 8.10. The summed E-state index contributed by atoms with van der Waals surface area (Å²) in [5.74, 6) is 0.878. The van der Waals surface area contributed by atoms with Crippen molar-refractivity contribution in [3.8, 4) is 0 Å². The standard InChI is InChI=1S/C19H33AsN4/c1-18(2)13-5-8-19(18,3)15(11-13)24-16(6-9-22-17(24)20)23-10-7-14(12-23)21-4/h6,9,13-16,21H,5,7-8,10-12,20H2,1-4H3/t13-,14-,15+,16?,19+/m1/s1. The number of hydrogen-bond acceptors (Lipinski definition) is 4. The summed E-state index contributed by atoms with van der Waals surface area (Å²) < 4.78 is 1.28. The number of amidine groups is 1. The summed E-state index contributed by atoms with van der Waals surface area (Å²) in [7, 11) is 2.10. The Hall–Kier alpha value is -0.312. The third-order valence-corrected chi connectivity index (χ3v) is 9.04. The molecule has 4 aliphatic rings. The van der Waals surface area contributed by atoms with Crippen LogP contribution in [0.15, 0.2) is 17.3 Å². The van der Waals surface area contributed by atoms with Crippen molar-refractivity contribution in [1.29, 1.82) is 0 Å². The minimum absolute atomic E-state index is 0.402. The molecule has 2 heterocycles. The van der Waals surface area contributed by atoms with Crippen molar-refractivity contribution >= 4 is 21.5 Å². The molecule has 134 valence electrons. The van der Waals surface area contributed by atoms with Crippen LogP contribution in [0.1, 0.15) is 46.5 Å². The molecule has 4 nitrogen and oxygen atoms in total. The first kappa shape index (κ1) is 17.1. The topological polar surface area (TPSA) is 30.9 Å². The Balaban J connectivity index is 1.63. The van der Waals surface area contributed by atoms with Crippen LogP contribution < -0.4 is 5.32 Å². The molecule has 0 spiro atoms. The predicted molar refractivity (Wildman–Crippen MR) is 103 cm³/mol. The van der Waals surface area contributed by atoms with Crippen LogP contribution >= 0.6 is 0 Å². The average molecular weight is 392 g/mol. The molecule has 24 heavy (non-hydrogen) atoms. The van der Waals surface area contributed by atoms with Gasteiger partial charge in [0.1, 0.15) is 0 Å². The Labute approximate surface area is 155 Å². The molecule has 3 fully saturated rings. The van der Waals surface area contributed by atoms with Crippen molar-refractivity contribution in [2.24, 2.45) is 21.7 Å². The van der Waals surface area contributed by atoms with Crippen LogP contribution in [0.5, 0.6) is 0 Å². The van der Waals surface area contributed by atoms with Crippen LogP contribution in [0, 0.1) is 16.7 Å². The summed E-state index contributed by atoms with van der Waals surface area (Å²) in [4.78, 5) is 10.1. The molecule has 2 aliphatic carbocycles. The minimum atomic E-state index is 0.402. The number of fused-ring (bicyclic) bond motifs is 2. The van der Waals surface area contributed by atoms with E-state index in [-0.39, 0.29) is 0 Å². The second-order valence-corrected chi connectivity index (χ2v) is 10.1. The quantitative estimate of drug-likeness (QED) is 0.741. The Morgan fingerprint density at radius 2 is 2.08 bits per heavy atom. The normalized spacial score (nSPS) is 44.4. The molecule has 2 aliphatic heterocycles. The average Bonchev–Trinajstić information content (AvgIpc) is 3.16. The van der Waals surface area contributed by atoms with Crippen LogP contribution in [0.4, 0.5) is 0 Å². The Morgan fingerprint density at radius 3 is 2.67 bits per heavy atom. The fourth-order valence-corrected chi connectivity index (χ4v) is 6.86. The molecule has 0 aromatic rings. The summed E-state index contributed by atoms with van der Waals surface area (Å²) in [6, 6.07) is 1.28. The van der Waals surface area contributed by atoms with Crippen LogP contribution in [0.3, 0.4) is 0 Å². The van der Waals surface area contributed by atoms with Gasteiger partial charge in [-0.05, 0) is 0 Å². The summed E-state index contributed by atoms with van der Waals surface area (Å²) in [6.07, 6.45) is 10.2. The number of rotatable bonds is 3. The second-order valence-electron chi connectivity index (χ2n) is 9.05. The third kappa shape index (κ3) is 2.29. The van der Waals surface area contributed by atoms with Gasteiger partial charge in [0, 0.05) is 0 Å². The van der Waals surface area contributed by atoms with Gasteiger partial charge in [-0.1, -0.05) is 0 Å². The zero-order valence-corrected chi connectivity index (χ0v) is 18.0. The number of nitrogens with zero attached hydrogens (tertiary/aromatic N) is 3. The van der Waals surface area contributed by atoms with E-state index in [0.717, 1.165) is 12.5 Å². The Kier molecular flexibility index (Phi) is 4.18. The van der Waals surface area contributed by atoms with Crippen molar-refractivity contribution in [2.45, 2.75) is 64.7 Å². The maximum atomic E-state index is 4.73. The van der Waals surface area contributed by atoms with Gasteiger partial charge in [0.15, 0.2) is 0 Å². The summed E-state index contributed by atoms with van der Waals surface area (Å²) >= 11 is 1.68. The fraction of sp³-hybridized carbons (Fsp3) is 0.842. The monoisotopic (exact) mass is 392 g/mol. The molecule has 2 saturated carbocycles. The Bertz CT molecular complexity index is 572. The van der Waals surface area contributed by atoms with Crippen molar-refractivity contribution in [1.82, 2.24) is 15.1 Å². The van der Waals surface area contributed by atoms with Gasteiger partial charge >= 0.3 is 155 Å². The molecule has 0 aromatic heterocycles. The Morgan fingerprint density at radius 1 is 1.29 bits per heavy atom. The number of aliphatic imine (C=N–C) groups is 1. The van der Waals surface area contributed by atoms with Gasteiger partial charge in [-0.15, -0.1) is 0 Å². The van der Waals surface area contributed by atoms with E-state index < -0.39 is 0 Å². The molecule has 4 rings (SSSR count). The molecular weight excluding hydrogens is 359 g/mol. The molecule has 1 saturated heterocycles. The van der Waals surface area contributed by atoms with E-state index in [1.165, 1.54) is 36.9 Å². The molecule has 1 N–H and O–H groups in total. The number of hydrogen-bond donors (Lipinski definition) is 1. The van der Waals surface area contributed by atoms with Crippen molar-refractivity contribution < 1.29 is 0 Å². The molecule has 5 heteroatoms. The van der Waals surface area contributed by atoms with E-state index in [2.05, 4.69) is 49.0 Å². The predicted octanol–water partition coefficient (Wildman–Crippen LogP) is 1.64. The number of likely N-dealkylation sites (N-methyl/N-ethyl adjacent to an activating group) is 1. The van der Waals surface area contributed by atoms with Crippen LogP contribution in [0.2, 0.25) is 0 Å². The van der Waals surface area contributed by atoms with Gasteiger partial charge in [0.05, 0.1) is 0 Å². The van der Waals surface area contributed by atoms with Gasteiger partial charge in [-0.25, -0.2) is 0 Å². The molecule has 6 atom stereocenters. The first-order valence-electron chi connectivity index (χ1n) is 9.58.